The van der Waals surface area contributed by atoms with Crippen LogP contribution < -0.4 is 10.6 Å². The zero-order chi connectivity index (χ0) is 20.1. The normalized spacial score (nSPS) is 15.0. The highest BCUT2D eigenvalue weighted by Crippen LogP contribution is 2.28. The average molecular weight is 385 g/mol. The van der Waals surface area contributed by atoms with E-state index in [1.807, 2.05) is 13.0 Å². The number of carbonyl (C=O) groups is 1. The van der Waals surface area contributed by atoms with Crippen molar-refractivity contribution in [3.05, 3.63) is 41.6 Å². The standard InChI is InChI=1S/C22H32N4O2/c1-4-25(5-2)19-8-6-18(7-9-19)21-16-20(22(23)27)17(3)26(21)11-10-24-12-14-28-15-13-24/h6-9,16H,4-5,10-15H2,1-3H3,(H2,23,27). The lowest BCUT2D eigenvalue weighted by Gasteiger charge is -2.27. The number of ether oxygens (including phenoxy) is 1. The van der Waals surface area contributed by atoms with Gasteiger partial charge in [0.05, 0.1) is 18.8 Å². The molecule has 1 aromatic heterocycles. The molecule has 2 aromatic rings. The third-order valence-electron chi connectivity index (χ3n) is 5.67. The summed E-state index contributed by atoms with van der Waals surface area (Å²) in [6.45, 7) is 13.5. The van der Waals surface area contributed by atoms with Crippen LogP contribution in [0.3, 0.4) is 0 Å². The first kappa shape index (κ1) is 20.4. The Labute approximate surface area is 167 Å². The molecule has 1 saturated heterocycles. The summed E-state index contributed by atoms with van der Waals surface area (Å²) in [4.78, 5) is 16.6. The lowest BCUT2D eigenvalue weighted by Crippen LogP contribution is -2.38. The molecule has 6 heteroatoms. The van der Waals surface area contributed by atoms with Gasteiger partial charge >= 0.3 is 0 Å². The van der Waals surface area contributed by atoms with Crippen LogP contribution in [0.15, 0.2) is 30.3 Å². The van der Waals surface area contributed by atoms with Gasteiger partial charge in [-0.3, -0.25) is 9.69 Å². The third kappa shape index (κ3) is 4.39. The summed E-state index contributed by atoms with van der Waals surface area (Å²) in [7, 11) is 0. The van der Waals surface area contributed by atoms with E-state index < -0.39 is 0 Å². The van der Waals surface area contributed by atoms with Crippen LogP contribution in [0.1, 0.15) is 29.9 Å². The molecule has 2 heterocycles. The number of anilines is 1. The molecule has 2 N–H and O–H groups in total. The van der Waals surface area contributed by atoms with E-state index in [0.29, 0.717) is 5.56 Å². The zero-order valence-corrected chi connectivity index (χ0v) is 17.3. The molecular weight excluding hydrogens is 352 g/mol. The highest BCUT2D eigenvalue weighted by Gasteiger charge is 2.18. The number of benzene rings is 1. The van der Waals surface area contributed by atoms with Gasteiger partial charge in [0, 0.05) is 56.3 Å². The third-order valence-corrected chi connectivity index (χ3v) is 5.67. The van der Waals surface area contributed by atoms with Crippen LogP contribution in [0.4, 0.5) is 5.69 Å². The van der Waals surface area contributed by atoms with Crippen molar-refractivity contribution in [3.63, 3.8) is 0 Å². The number of hydrogen-bond acceptors (Lipinski definition) is 4. The number of amides is 1. The van der Waals surface area contributed by atoms with E-state index >= 15 is 0 Å². The van der Waals surface area contributed by atoms with E-state index in [1.165, 1.54) is 5.69 Å². The van der Waals surface area contributed by atoms with E-state index in [-0.39, 0.29) is 5.91 Å². The molecular formula is C22H32N4O2. The molecule has 0 radical (unpaired) electrons. The second kappa shape index (κ2) is 9.26. The lowest BCUT2D eigenvalue weighted by molar-refractivity contribution is 0.0364. The number of nitrogens with two attached hydrogens (primary N) is 1. The monoisotopic (exact) mass is 384 g/mol. The Hall–Kier alpha value is -2.31. The number of morpholine rings is 1. The summed E-state index contributed by atoms with van der Waals surface area (Å²) in [6, 6.07) is 10.5. The van der Waals surface area contributed by atoms with E-state index in [1.54, 1.807) is 0 Å². The molecule has 1 amide bonds. The van der Waals surface area contributed by atoms with E-state index in [9.17, 15) is 4.79 Å². The minimum atomic E-state index is -0.372. The van der Waals surface area contributed by atoms with Gasteiger partial charge < -0.3 is 19.9 Å². The van der Waals surface area contributed by atoms with Crippen molar-refractivity contribution in [2.75, 3.05) is 50.8 Å². The first-order valence-corrected chi connectivity index (χ1v) is 10.2. The number of nitrogens with zero attached hydrogens (tertiary/aromatic N) is 3. The molecule has 1 fully saturated rings. The van der Waals surface area contributed by atoms with Crippen LogP contribution in [-0.4, -0.2) is 61.3 Å². The molecule has 0 spiro atoms. The van der Waals surface area contributed by atoms with Gasteiger partial charge in [-0.15, -0.1) is 0 Å². The van der Waals surface area contributed by atoms with Crippen molar-refractivity contribution in [2.45, 2.75) is 27.3 Å². The number of primary amides is 1. The first-order chi connectivity index (χ1) is 13.5. The zero-order valence-electron chi connectivity index (χ0n) is 17.3. The van der Waals surface area contributed by atoms with Crippen LogP contribution in [0, 0.1) is 6.92 Å². The van der Waals surface area contributed by atoms with Crippen molar-refractivity contribution < 1.29 is 9.53 Å². The number of carbonyl (C=O) groups excluding carboxylic acids is 1. The van der Waals surface area contributed by atoms with Gasteiger partial charge in [-0.05, 0) is 44.5 Å². The van der Waals surface area contributed by atoms with Crippen LogP contribution in [0.25, 0.3) is 11.3 Å². The highest BCUT2D eigenvalue weighted by molar-refractivity contribution is 5.95. The van der Waals surface area contributed by atoms with Gasteiger partial charge in [-0.2, -0.15) is 0 Å². The molecule has 0 saturated carbocycles. The fourth-order valence-corrected chi connectivity index (χ4v) is 3.92. The molecule has 0 aliphatic carbocycles. The Bertz CT molecular complexity index is 788. The van der Waals surface area contributed by atoms with E-state index in [2.05, 4.69) is 52.5 Å². The largest absolute Gasteiger partial charge is 0.379 e. The summed E-state index contributed by atoms with van der Waals surface area (Å²) in [5.41, 5.74) is 10.5. The van der Waals surface area contributed by atoms with Gasteiger partial charge in [0.2, 0.25) is 0 Å². The Morgan fingerprint density at radius 1 is 1.11 bits per heavy atom. The second-order valence-corrected chi connectivity index (χ2v) is 7.22. The Kier molecular flexibility index (Phi) is 6.75. The van der Waals surface area contributed by atoms with E-state index in [0.717, 1.165) is 69.4 Å². The molecule has 3 rings (SSSR count). The van der Waals surface area contributed by atoms with Crippen LogP contribution in [-0.2, 0) is 11.3 Å². The van der Waals surface area contributed by atoms with Gasteiger partial charge in [0.1, 0.15) is 0 Å². The van der Waals surface area contributed by atoms with Crippen molar-refractivity contribution in [2.24, 2.45) is 5.73 Å². The lowest BCUT2D eigenvalue weighted by atomic mass is 10.1. The average Bonchev–Trinajstić information content (AvgIpc) is 3.05. The summed E-state index contributed by atoms with van der Waals surface area (Å²) in [5.74, 6) is -0.372. The first-order valence-electron chi connectivity index (χ1n) is 10.2. The maximum Gasteiger partial charge on any atom is 0.250 e. The smallest absolute Gasteiger partial charge is 0.250 e. The molecule has 0 atom stereocenters. The molecule has 6 nitrogen and oxygen atoms in total. The number of hydrogen-bond donors (Lipinski definition) is 1. The topological polar surface area (TPSA) is 63.7 Å². The molecule has 1 aliphatic rings. The van der Waals surface area contributed by atoms with Gasteiger partial charge in [-0.1, -0.05) is 12.1 Å². The Morgan fingerprint density at radius 3 is 2.32 bits per heavy atom. The summed E-state index contributed by atoms with van der Waals surface area (Å²) < 4.78 is 7.66. The van der Waals surface area contributed by atoms with Gasteiger partial charge in [0.25, 0.3) is 5.91 Å². The summed E-state index contributed by atoms with van der Waals surface area (Å²) >= 11 is 0. The minimum absolute atomic E-state index is 0.372. The van der Waals surface area contributed by atoms with Crippen LogP contribution in [0.2, 0.25) is 0 Å². The fourth-order valence-electron chi connectivity index (χ4n) is 3.92. The predicted octanol–water partition coefficient (Wildman–Crippen LogP) is 2.74. The van der Waals surface area contributed by atoms with Crippen molar-refractivity contribution in [3.8, 4) is 11.3 Å². The van der Waals surface area contributed by atoms with Gasteiger partial charge in [-0.25, -0.2) is 0 Å². The maximum atomic E-state index is 11.9. The van der Waals surface area contributed by atoms with Crippen molar-refractivity contribution in [1.82, 2.24) is 9.47 Å². The fraction of sp³-hybridized carbons (Fsp3) is 0.500. The van der Waals surface area contributed by atoms with Crippen LogP contribution in [0.5, 0.6) is 0 Å². The molecule has 0 unspecified atom stereocenters. The maximum absolute atomic E-state index is 11.9. The van der Waals surface area contributed by atoms with Crippen LogP contribution >= 0.6 is 0 Å². The van der Waals surface area contributed by atoms with E-state index in [4.69, 9.17) is 10.5 Å². The predicted molar refractivity (Wildman–Crippen MR) is 114 cm³/mol. The van der Waals surface area contributed by atoms with Crippen molar-refractivity contribution in [1.29, 1.82) is 0 Å². The Balaban J connectivity index is 1.88. The second-order valence-electron chi connectivity index (χ2n) is 7.22. The minimum Gasteiger partial charge on any atom is -0.379 e. The summed E-state index contributed by atoms with van der Waals surface area (Å²) in [6.07, 6.45) is 0. The summed E-state index contributed by atoms with van der Waals surface area (Å²) in [5, 5.41) is 0. The Morgan fingerprint density at radius 2 is 1.75 bits per heavy atom. The quantitative estimate of drug-likeness (QED) is 0.760. The number of rotatable bonds is 8. The highest BCUT2D eigenvalue weighted by atomic mass is 16.5. The molecule has 1 aliphatic heterocycles. The molecule has 1 aromatic carbocycles. The molecule has 152 valence electrons. The molecule has 28 heavy (non-hydrogen) atoms. The molecule has 0 bridgehead atoms. The van der Waals surface area contributed by atoms with Crippen molar-refractivity contribution >= 4 is 11.6 Å². The SMILES string of the molecule is CCN(CC)c1ccc(-c2cc(C(N)=O)c(C)n2CCN2CCOCC2)cc1. The van der Waals surface area contributed by atoms with Gasteiger partial charge in [0.15, 0.2) is 0 Å². The number of aromatic nitrogens is 1.